The van der Waals surface area contributed by atoms with Gasteiger partial charge in [-0.25, -0.2) is 4.39 Å². The van der Waals surface area contributed by atoms with Gasteiger partial charge >= 0.3 is 0 Å². The Balaban J connectivity index is 2.17. The first kappa shape index (κ1) is 14.0. The Morgan fingerprint density at radius 1 is 1.47 bits per heavy atom. The lowest BCUT2D eigenvalue weighted by molar-refractivity contribution is -0.120. The summed E-state index contributed by atoms with van der Waals surface area (Å²) in [5.41, 5.74) is 5.77. The average molecular weight is 299 g/mol. The van der Waals surface area contributed by atoms with Crippen molar-refractivity contribution in [1.82, 2.24) is 5.32 Å². The highest BCUT2D eigenvalue weighted by Gasteiger charge is 2.18. The van der Waals surface area contributed by atoms with E-state index in [2.05, 4.69) is 5.32 Å². The number of carbonyl (C=O) groups is 1. The van der Waals surface area contributed by atoms with Crippen molar-refractivity contribution in [3.8, 4) is 0 Å². The number of nitrogens with two attached hydrogens (primary N) is 1. The van der Waals surface area contributed by atoms with E-state index in [1.54, 1.807) is 11.3 Å². The molecule has 1 unspecified atom stereocenters. The lowest BCUT2D eigenvalue weighted by atomic mass is 10.1. The first-order valence-corrected chi connectivity index (χ1v) is 6.83. The Bertz CT molecular complexity index is 554. The van der Waals surface area contributed by atoms with Gasteiger partial charge in [0.05, 0.1) is 0 Å². The number of rotatable bonds is 5. The minimum Gasteiger partial charge on any atom is -0.368 e. The third-order valence-electron chi connectivity index (χ3n) is 2.56. The molecule has 1 aromatic heterocycles. The van der Waals surface area contributed by atoms with Crippen LogP contribution < -0.4 is 11.1 Å². The standard InChI is InChI=1S/C13H12ClFN2OS/c14-9-4-8(5-10(15)6-9)12(13(16)18)17-7-11-2-1-3-19-11/h1-6,12,17H,7H2,(H2,16,18). The Kier molecular flexibility index (Phi) is 4.52. The highest BCUT2D eigenvalue weighted by Crippen LogP contribution is 2.21. The summed E-state index contributed by atoms with van der Waals surface area (Å²) in [4.78, 5) is 12.5. The van der Waals surface area contributed by atoms with Gasteiger partial charge < -0.3 is 5.73 Å². The van der Waals surface area contributed by atoms with Crippen molar-refractivity contribution in [2.24, 2.45) is 5.73 Å². The van der Waals surface area contributed by atoms with E-state index in [9.17, 15) is 9.18 Å². The van der Waals surface area contributed by atoms with Crippen molar-refractivity contribution < 1.29 is 9.18 Å². The molecule has 1 atom stereocenters. The monoisotopic (exact) mass is 298 g/mol. The summed E-state index contributed by atoms with van der Waals surface area (Å²) in [6, 6.07) is 7.05. The molecular weight excluding hydrogens is 287 g/mol. The topological polar surface area (TPSA) is 55.1 Å². The zero-order chi connectivity index (χ0) is 13.8. The van der Waals surface area contributed by atoms with Gasteiger partial charge in [-0.05, 0) is 35.2 Å². The van der Waals surface area contributed by atoms with Crippen LogP contribution in [0.1, 0.15) is 16.5 Å². The molecule has 0 bridgehead atoms. The van der Waals surface area contributed by atoms with E-state index < -0.39 is 17.8 Å². The quantitative estimate of drug-likeness (QED) is 0.892. The molecule has 0 saturated heterocycles. The molecule has 2 rings (SSSR count). The molecule has 0 aliphatic heterocycles. The van der Waals surface area contributed by atoms with Crippen molar-refractivity contribution in [2.45, 2.75) is 12.6 Å². The molecule has 6 heteroatoms. The minimum atomic E-state index is -0.768. The van der Waals surface area contributed by atoms with E-state index in [-0.39, 0.29) is 5.02 Å². The van der Waals surface area contributed by atoms with Crippen LogP contribution in [0.4, 0.5) is 4.39 Å². The lowest BCUT2D eigenvalue weighted by Gasteiger charge is -2.15. The molecule has 3 N–H and O–H groups in total. The number of primary amides is 1. The number of thiophene rings is 1. The van der Waals surface area contributed by atoms with E-state index in [4.69, 9.17) is 17.3 Å². The van der Waals surface area contributed by atoms with Crippen molar-refractivity contribution in [3.63, 3.8) is 0 Å². The summed E-state index contributed by atoms with van der Waals surface area (Å²) in [5, 5.41) is 5.18. The highest BCUT2D eigenvalue weighted by atomic mass is 35.5. The lowest BCUT2D eigenvalue weighted by Crippen LogP contribution is -2.33. The fourth-order valence-corrected chi connectivity index (χ4v) is 2.63. The second-order valence-electron chi connectivity index (χ2n) is 4.00. The largest absolute Gasteiger partial charge is 0.368 e. The van der Waals surface area contributed by atoms with E-state index in [0.717, 1.165) is 4.88 Å². The number of carbonyl (C=O) groups excluding carboxylic acids is 1. The third kappa shape index (κ3) is 3.76. The maximum absolute atomic E-state index is 13.3. The van der Waals surface area contributed by atoms with Gasteiger partial charge in [-0.3, -0.25) is 10.1 Å². The summed E-state index contributed by atoms with van der Waals surface area (Å²) in [6.45, 7) is 0.486. The molecule has 1 aromatic carbocycles. The van der Waals surface area contributed by atoms with Crippen LogP contribution in [0.2, 0.25) is 5.02 Å². The van der Waals surface area contributed by atoms with Gasteiger partial charge in [-0.1, -0.05) is 17.7 Å². The molecule has 0 radical (unpaired) electrons. The van der Waals surface area contributed by atoms with Gasteiger partial charge in [0, 0.05) is 16.4 Å². The van der Waals surface area contributed by atoms with Gasteiger partial charge in [0.15, 0.2) is 0 Å². The smallest absolute Gasteiger partial charge is 0.239 e. The molecule has 0 saturated carbocycles. The maximum Gasteiger partial charge on any atom is 0.239 e. The zero-order valence-electron chi connectivity index (χ0n) is 9.90. The van der Waals surface area contributed by atoms with Crippen LogP contribution >= 0.6 is 22.9 Å². The van der Waals surface area contributed by atoms with Crippen LogP contribution in [0.5, 0.6) is 0 Å². The fraction of sp³-hybridized carbons (Fsp3) is 0.154. The zero-order valence-corrected chi connectivity index (χ0v) is 11.5. The van der Waals surface area contributed by atoms with Crippen LogP contribution in [0, 0.1) is 5.82 Å². The SMILES string of the molecule is NC(=O)C(NCc1cccs1)c1cc(F)cc(Cl)c1. The summed E-state index contributed by atoms with van der Waals surface area (Å²) >= 11 is 7.34. The summed E-state index contributed by atoms with van der Waals surface area (Å²) in [7, 11) is 0. The van der Waals surface area contributed by atoms with Gasteiger partial charge in [0.1, 0.15) is 11.9 Å². The number of hydrogen-bond acceptors (Lipinski definition) is 3. The van der Waals surface area contributed by atoms with Crippen molar-refractivity contribution >= 4 is 28.8 Å². The number of benzene rings is 1. The molecule has 19 heavy (non-hydrogen) atoms. The third-order valence-corrected chi connectivity index (χ3v) is 3.66. The van der Waals surface area contributed by atoms with Gasteiger partial charge in [0.25, 0.3) is 0 Å². The Labute approximate surface area is 119 Å². The predicted octanol–water partition coefficient (Wildman–Crippen LogP) is 2.86. The van der Waals surface area contributed by atoms with Crippen molar-refractivity contribution in [1.29, 1.82) is 0 Å². The summed E-state index contributed by atoms with van der Waals surface area (Å²) in [5.74, 6) is -1.06. The summed E-state index contributed by atoms with van der Waals surface area (Å²) < 4.78 is 13.3. The summed E-state index contributed by atoms with van der Waals surface area (Å²) in [6.07, 6.45) is 0. The molecule has 1 heterocycles. The highest BCUT2D eigenvalue weighted by molar-refractivity contribution is 7.09. The Hall–Kier alpha value is -1.43. The number of hydrogen-bond donors (Lipinski definition) is 2. The maximum atomic E-state index is 13.3. The van der Waals surface area contributed by atoms with E-state index in [0.29, 0.717) is 12.1 Å². The van der Waals surface area contributed by atoms with Crippen molar-refractivity contribution in [2.75, 3.05) is 0 Å². The number of nitrogens with one attached hydrogen (secondary N) is 1. The number of amides is 1. The Morgan fingerprint density at radius 3 is 2.84 bits per heavy atom. The second kappa shape index (κ2) is 6.14. The predicted molar refractivity (Wildman–Crippen MR) is 74.5 cm³/mol. The molecule has 0 fully saturated rings. The molecule has 2 aromatic rings. The second-order valence-corrected chi connectivity index (χ2v) is 5.47. The van der Waals surface area contributed by atoms with Crippen LogP contribution in [0.15, 0.2) is 35.7 Å². The van der Waals surface area contributed by atoms with E-state index in [1.807, 2.05) is 17.5 Å². The number of halogens is 2. The fourth-order valence-electron chi connectivity index (χ4n) is 1.74. The molecule has 100 valence electrons. The molecule has 3 nitrogen and oxygen atoms in total. The van der Waals surface area contributed by atoms with Crippen LogP contribution in [0.3, 0.4) is 0 Å². The normalized spacial score (nSPS) is 12.3. The molecular formula is C13H12ClFN2OS. The minimum absolute atomic E-state index is 0.235. The van der Waals surface area contributed by atoms with Crippen LogP contribution in [-0.2, 0) is 11.3 Å². The molecule has 1 amide bonds. The molecule has 0 aliphatic rings. The van der Waals surface area contributed by atoms with Gasteiger partial charge in [-0.2, -0.15) is 0 Å². The van der Waals surface area contributed by atoms with Crippen molar-refractivity contribution in [3.05, 3.63) is 57.0 Å². The van der Waals surface area contributed by atoms with E-state index in [1.165, 1.54) is 18.2 Å². The molecule has 0 spiro atoms. The average Bonchev–Trinajstić information content (AvgIpc) is 2.80. The van der Waals surface area contributed by atoms with Gasteiger partial charge in [-0.15, -0.1) is 11.3 Å². The Morgan fingerprint density at radius 2 is 2.26 bits per heavy atom. The van der Waals surface area contributed by atoms with E-state index >= 15 is 0 Å². The molecule has 0 aliphatic carbocycles. The first-order valence-electron chi connectivity index (χ1n) is 5.57. The van der Waals surface area contributed by atoms with Crippen LogP contribution in [-0.4, -0.2) is 5.91 Å². The van der Waals surface area contributed by atoms with Gasteiger partial charge in [0.2, 0.25) is 5.91 Å². The first-order chi connectivity index (χ1) is 9.06. The van der Waals surface area contributed by atoms with Crippen LogP contribution in [0.25, 0.3) is 0 Å².